The summed E-state index contributed by atoms with van der Waals surface area (Å²) in [6, 6.07) is 11.9. The van der Waals surface area contributed by atoms with Crippen LogP contribution in [0.5, 0.6) is 0 Å². The van der Waals surface area contributed by atoms with Crippen molar-refractivity contribution in [3.8, 4) is 11.5 Å². The lowest BCUT2D eigenvalue weighted by Gasteiger charge is -2.11. The molecule has 3 aromatic rings. The summed E-state index contributed by atoms with van der Waals surface area (Å²) in [7, 11) is 0. The van der Waals surface area contributed by atoms with E-state index in [1.54, 1.807) is 24.3 Å². The molecule has 3 rings (SSSR count). The van der Waals surface area contributed by atoms with E-state index < -0.39 is 11.7 Å². The number of anilines is 2. The molecule has 2 aromatic carbocycles. The van der Waals surface area contributed by atoms with E-state index in [4.69, 9.17) is 4.42 Å². The van der Waals surface area contributed by atoms with Crippen molar-refractivity contribution in [3.63, 3.8) is 0 Å². The monoisotopic (exact) mass is 335 g/mol. The van der Waals surface area contributed by atoms with Crippen LogP contribution in [0.3, 0.4) is 0 Å². The van der Waals surface area contributed by atoms with Crippen LogP contribution in [0.1, 0.15) is 19.4 Å². The topological polar surface area (TPSA) is 51.0 Å². The van der Waals surface area contributed by atoms with Crippen LogP contribution in [0.2, 0.25) is 0 Å². The molecule has 24 heavy (non-hydrogen) atoms. The van der Waals surface area contributed by atoms with Crippen molar-refractivity contribution in [2.24, 2.45) is 0 Å². The Bertz CT molecular complexity index is 754. The maximum Gasteiger partial charge on any atom is 0.416 e. The van der Waals surface area contributed by atoms with E-state index in [0.717, 1.165) is 12.1 Å². The van der Waals surface area contributed by atoms with Crippen LogP contribution in [-0.2, 0) is 6.18 Å². The third-order valence-electron chi connectivity index (χ3n) is 3.01. The Morgan fingerprint density at radius 2 is 1.62 bits per heavy atom. The molecule has 0 bridgehead atoms. The molecule has 0 fully saturated rings. The van der Waals surface area contributed by atoms with Gasteiger partial charge in [-0.1, -0.05) is 26.0 Å². The Kier molecular flexibility index (Phi) is 5.57. The number of benzene rings is 2. The first-order valence-electron chi connectivity index (χ1n) is 7.34. The van der Waals surface area contributed by atoms with Crippen LogP contribution < -0.4 is 5.32 Å². The van der Waals surface area contributed by atoms with E-state index in [0.29, 0.717) is 22.8 Å². The molecule has 0 aliphatic carbocycles. The van der Waals surface area contributed by atoms with Gasteiger partial charge in [0.15, 0.2) is 0 Å². The fraction of sp³-hybridized carbons (Fsp3) is 0.176. The van der Waals surface area contributed by atoms with Crippen LogP contribution >= 0.6 is 0 Å². The molecule has 0 saturated carbocycles. The first-order chi connectivity index (χ1) is 11.5. The van der Waals surface area contributed by atoms with Crippen LogP contribution in [0.15, 0.2) is 59.3 Å². The molecule has 0 atom stereocenters. The maximum atomic E-state index is 12.5. The molecule has 1 heterocycles. The highest BCUT2D eigenvalue weighted by Gasteiger charge is 2.29. The van der Waals surface area contributed by atoms with Gasteiger partial charge in [0.1, 0.15) is 0 Å². The minimum Gasteiger partial charge on any atom is -0.423 e. The van der Waals surface area contributed by atoms with Gasteiger partial charge < -0.3 is 9.73 Å². The Labute approximate surface area is 137 Å². The number of alkyl halides is 3. The van der Waals surface area contributed by atoms with Gasteiger partial charge in [-0.15, -0.1) is 10.2 Å². The summed E-state index contributed by atoms with van der Waals surface area (Å²) in [6.07, 6.45) is -3.13. The Morgan fingerprint density at radius 3 is 2.21 bits per heavy atom. The number of aromatic nitrogens is 2. The van der Waals surface area contributed by atoms with Gasteiger partial charge in [-0.3, -0.25) is 0 Å². The molecular weight excluding hydrogens is 319 g/mol. The second-order valence-electron chi connectivity index (χ2n) is 4.49. The maximum absolute atomic E-state index is 12.5. The number of hydrogen-bond acceptors (Lipinski definition) is 4. The summed E-state index contributed by atoms with van der Waals surface area (Å²) in [4.78, 5) is 0. The Morgan fingerprint density at radius 1 is 0.958 bits per heavy atom. The zero-order valence-electron chi connectivity index (χ0n) is 13.1. The largest absolute Gasteiger partial charge is 0.423 e. The van der Waals surface area contributed by atoms with Gasteiger partial charge in [0.25, 0.3) is 0 Å². The second kappa shape index (κ2) is 7.63. The summed E-state index contributed by atoms with van der Waals surface area (Å²) >= 11 is 0. The molecule has 126 valence electrons. The number of nitrogens with one attached hydrogen (secondary N) is 1. The zero-order valence-corrected chi connectivity index (χ0v) is 13.1. The zero-order chi connectivity index (χ0) is 17.6. The van der Waals surface area contributed by atoms with E-state index in [2.05, 4.69) is 15.5 Å². The molecule has 0 radical (unpaired) electrons. The lowest BCUT2D eigenvalue weighted by atomic mass is 10.1. The molecule has 4 nitrogen and oxygen atoms in total. The minimum absolute atomic E-state index is 0.329. The minimum atomic E-state index is -4.35. The normalized spacial score (nSPS) is 10.7. The van der Waals surface area contributed by atoms with Gasteiger partial charge in [-0.2, -0.15) is 13.2 Å². The van der Waals surface area contributed by atoms with Crippen LogP contribution in [0.25, 0.3) is 11.5 Å². The van der Waals surface area contributed by atoms with Gasteiger partial charge in [0.2, 0.25) is 12.3 Å². The van der Waals surface area contributed by atoms with E-state index in [9.17, 15) is 13.2 Å². The van der Waals surface area contributed by atoms with Crippen molar-refractivity contribution in [1.82, 2.24) is 10.2 Å². The summed E-state index contributed by atoms with van der Waals surface area (Å²) in [5.41, 5.74) is 1.16. The summed E-state index contributed by atoms with van der Waals surface area (Å²) in [5, 5.41) is 10.5. The first kappa shape index (κ1) is 17.5. The van der Waals surface area contributed by atoms with Crippen molar-refractivity contribution in [2.45, 2.75) is 20.0 Å². The van der Waals surface area contributed by atoms with Crippen molar-refractivity contribution < 1.29 is 17.6 Å². The molecule has 0 spiro atoms. The molecule has 0 amide bonds. The summed E-state index contributed by atoms with van der Waals surface area (Å²) in [5.74, 6) is 0.329. The molecule has 1 N–H and O–H groups in total. The molecule has 0 aliphatic rings. The summed E-state index contributed by atoms with van der Waals surface area (Å²) < 4.78 is 42.8. The van der Waals surface area contributed by atoms with Gasteiger partial charge in [0.05, 0.1) is 16.8 Å². The predicted molar refractivity (Wildman–Crippen MR) is 85.8 cm³/mol. The smallest absolute Gasteiger partial charge is 0.416 e. The fourth-order valence-corrected chi connectivity index (χ4v) is 1.97. The van der Waals surface area contributed by atoms with E-state index in [1.165, 1.54) is 18.5 Å². The highest BCUT2D eigenvalue weighted by Crippen LogP contribution is 2.32. The number of para-hydroxylation sites is 1. The summed E-state index contributed by atoms with van der Waals surface area (Å²) in [6.45, 7) is 4.00. The van der Waals surface area contributed by atoms with E-state index in [-0.39, 0.29) is 0 Å². The number of rotatable bonds is 3. The van der Waals surface area contributed by atoms with E-state index in [1.807, 2.05) is 13.8 Å². The average molecular weight is 335 g/mol. The lowest BCUT2D eigenvalue weighted by molar-refractivity contribution is -0.137. The Hall–Kier alpha value is -2.83. The van der Waals surface area contributed by atoms with Crippen molar-refractivity contribution in [2.75, 3.05) is 5.32 Å². The standard InChI is InChI=1S/C15H10F3N3O.C2H6/c16-15(17,18)10-5-7-11(8-6-10)20-13-4-2-1-3-12(13)14-21-19-9-22-14;1-2/h1-9,20H;1-2H3. The first-order valence-corrected chi connectivity index (χ1v) is 7.34. The average Bonchev–Trinajstić information content (AvgIpc) is 3.11. The quantitative estimate of drug-likeness (QED) is 0.684. The molecule has 0 unspecified atom stereocenters. The van der Waals surface area contributed by atoms with Crippen LogP contribution in [0.4, 0.5) is 24.5 Å². The molecule has 0 aliphatic heterocycles. The van der Waals surface area contributed by atoms with Crippen LogP contribution in [-0.4, -0.2) is 10.2 Å². The van der Waals surface area contributed by atoms with Crippen LogP contribution in [0, 0.1) is 0 Å². The molecule has 0 saturated heterocycles. The van der Waals surface area contributed by atoms with Crippen molar-refractivity contribution in [1.29, 1.82) is 0 Å². The number of hydrogen-bond donors (Lipinski definition) is 1. The fourth-order valence-electron chi connectivity index (χ4n) is 1.97. The van der Waals surface area contributed by atoms with Crippen molar-refractivity contribution >= 4 is 11.4 Å². The number of nitrogens with zero attached hydrogens (tertiary/aromatic N) is 2. The SMILES string of the molecule is CC.FC(F)(F)c1ccc(Nc2ccccc2-c2nnco2)cc1. The third-order valence-corrected chi connectivity index (χ3v) is 3.01. The van der Waals surface area contributed by atoms with Crippen molar-refractivity contribution in [3.05, 3.63) is 60.5 Å². The number of halogens is 3. The highest BCUT2D eigenvalue weighted by molar-refractivity contribution is 5.76. The molecular formula is C17H16F3N3O. The van der Waals surface area contributed by atoms with Gasteiger partial charge in [-0.25, -0.2) is 0 Å². The second-order valence-corrected chi connectivity index (χ2v) is 4.49. The predicted octanol–water partition coefficient (Wildman–Crippen LogP) is 5.53. The lowest BCUT2D eigenvalue weighted by Crippen LogP contribution is -2.04. The molecule has 1 aromatic heterocycles. The van der Waals surface area contributed by atoms with E-state index >= 15 is 0 Å². The molecule has 7 heteroatoms. The highest BCUT2D eigenvalue weighted by atomic mass is 19.4. The third kappa shape index (κ3) is 4.13. The van der Waals surface area contributed by atoms with Gasteiger partial charge >= 0.3 is 6.18 Å². The van der Waals surface area contributed by atoms with Gasteiger partial charge in [-0.05, 0) is 36.4 Å². The van der Waals surface area contributed by atoms with Gasteiger partial charge in [0, 0.05) is 5.69 Å². The Balaban J connectivity index is 0.00000100.